The predicted octanol–water partition coefficient (Wildman–Crippen LogP) is 1.07. The summed E-state index contributed by atoms with van der Waals surface area (Å²) in [4.78, 5) is 15.4. The lowest BCUT2D eigenvalue weighted by atomic mass is 10.2. The molecule has 3 N–H and O–H groups in total. The van der Waals surface area contributed by atoms with Gasteiger partial charge in [-0.05, 0) is 25.5 Å². The van der Waals surface area contributed by atoms with Gasteiger partial charge in [0.1, 0.15) is 0 Å². The Kier molecular flexibility index (Phi) is 3.59. The van der Waals surface area contributed by atoms with Crippen molar-refractivity contribution in [2.75, 3.05) is 5.32 Å². The Morgan fingerprint density at radius 1 is 1.71 bits per heavy atom. The molecule has 0 saturated heterocycles. The Hall–Kier alpha value is -1.42. The van der Waals surface area contributed by atoms with E-state index in [2.05, 4.69) is 10.3 Å². The van der Waals surface area contributed by atoms with Crippen LogP contribution in [-0.2, 0) is 4.79 Å². The van der Waals surface area contributed by atoms with Gasteiger partial charge >= 0.3 is 0 Å². The van der Waals surface area contributed by atoms with Gasteiger partial charge in [-0.25, -0.2) is 0 Å². The highest BCUT2D eigenvalue weighted by molar-refractivity contribution is 5.94. The van der Waals surface area contributed by atoms with Crippen molar-refractivity contribution < 1.29 is 4.79 Å². The molecule has 0 aliphatic rings. The van der Waals surface area contributed by atoms with Crippen molar-refractivity contribution in [2.45, 2.75) is 26.3 Å². The van der Waals surface area contributed by atoms with Crippen LogP contribution in [0.5, 0.6) is 0 Å². The van der Waals surface area contributed by atoms with Crippen molar-refractivity contribution in [2.24, 2.45) is 5.73 Å². The molecule has 1 rings (SSSR count). The maximum atomic E-state index is 11.4. The number of nitrogens with one attached hydrogen (secondary N) is 1. The minimum Gasteiger partial charge on any atom is -0.325 e. The fourth-order valence-electron chi connectivity index (χ4n) is 1.04. The van der Waals surface area contributed by atoms with Gasteiger partial charge in [0.25, 0.3) is 0 Å². The molecule has 0 fully saturated rings. The maximum Gasteiger partial charge on any atom is 0.241 e. The van der Waals surface area contributed by atoms with Crippen LogP contribution in [0.25, 0.3) is 0 Å². The van der Waals surface area contributed by atoms with Crippen molar-refractivity contribution in [3.05, 3.63) is 24.0 Å². The summed E-state index contributed by atoms with van der Waals surface area (Å²) in [5.74, 6) is -0.155. The second-order valence-electron chi connectivity index (χ2n) is 3.19. The Labute approximate surface area is 83.5 Å². The van der Waals surface area contributed by atoms with Crippen LogP contribution in [0, 0.1) is 6.92 Å². The molecule has 1 amide bonds. The molecule has 0 spiro atoms. The molecule has 4 nitrogen and oxygen atoms in total. The Morgan fingerprint density at radius 2 is 2.43 bits per heavy atom. The Balaban J connectivity index is 2.65. The largest absolute Gasteiger partial charge is 0.325 e. The van der Waals surface area contributed by atoms with Crippen LogP contribution in [0.2, 0.25) is 0 Å². The first-order chi connectivity index (χ1) is 6.63. The summed E-state index contributed by atoms with van der Waals surface area (Å²) < 4.78 is 0. The van der Waals surface area contributed by atoms with E-state index in [1.54, 1.807) is 18.3 Å². The second-order valence-corrected chi connectivity index (χ2v) is 3.19. The molecule has 76 valence electrons. The zero-order valence-electron chi connectivity index (χ0n) is 8.45. The average molecular weight is 193 g/mol. The number of pyridine rings is 1. The fraction of sp³-hybridized carbons (Fsp3) is 0.400. The minimum absolute atomic E-state index is 0.155. The van der Waals surface area contributed by atoms with E-state index in [0.29, 0.717) is 6.42 Å². The van der Waals surface area contributed by atoms with E-state index in [4.69, 9.17) is 5.73 Å². The molecule has 1 atom stereocenters. The van der Waals surface area contributed by atoms with Crippen molar-refractivity contribution >= 4 is 11.6 Å². The highest BCUT2D eigenvalue weighted by atomic mass is 16.2. The number of hydrogen-bond donors (Lipinski definition) is 2. The number of hydrogen-bond acceptors (Lipinski definition) is 3. The minimum atomic E-state index is -0.441. The molecule has 14 heavy (non-hydrogen) atoms. The summed E-state index contributed by atoms with van der Waals surface area (Å²) in [6, 6.07) is 3.11. The lowest BCUT2D eigenvalue weighted by Crippen LogP contribution is -2.34. The molecule has 0 saturated carbocycles. The first-order valence-electron chi connectivity index (χ1n) is 4.62. The SMILES string of the molecule is CC[C@@H](N)C(=O)Nc1ccnc(C)c1. The van der Waals surface area contributed by atoms with Gasteiger partial charge in [-0.1, -0.05) is 6.92 Å². The quantitative estimate of drug-likeness (QED) is 0.754. The smallest absolute Gasteiger partial charge is 0.241 e. The van der Waals surface area contributed by atoms with Gasteiger partial charge in [0, 0.05) is 17.6 Å². The molecule has 0 unspecified atom stereocenters. The summed E-state index contributed by atoms with van der Waals surface area (Å²) in [5, 5.41) is 2.73. The third kappa shape index (κ3) is 2.81. The number of rotatable bonds is 3. The Bertz CT molecular complexity index is 325. The van der Waals surface area contributed by atoms with Crippen LogP contribution >= 0.6 is 0 Å². The molecule has 1 aromatic heterocycles. The highest BCUT2D eigenvalue weighted by Crippen LogP contribution is 2.07. The summed E-state index contributed by atoms with van der Waals surface area (Å²) in [6.07, 6.45) is 2.29. The van der Waals surface area contributed by atoms with Gasteiger partial charge in [-0.3, -0.25) is 9.78 Å². The van der Waals surface area contributed by atoms with Crippen LogP contribution in [0.15, 0.2) is 18.3 Å². The van der Waals surface area contributed by atoms with E-state index >= 15 is 0 Å². The number of amides is 1. The normalized spacial score (nSPS) is 12.2. The number of nitrogens with zero attached hydrogens (tertiary/aromatic N) is 1. The van der Waals surface area contributed by atoms with Crippen LogP contribution in [0.4, 0.5) is 5.69 Å². The van der Waals surface area contributed by atoms with Crippen LogP contribution in [-0.4, -0.2) is 16.9 Å². The number of aryl methyl sites for hydroxylation is 1. The van der Waals surface area contributed by atoms with Crippen molar-refractivity contribution in [3.63, 3.8) is 0 Å². The first kappa shape index (κ1) is 10.7. The van der Waals surface area contributed by atoms with Crippen molar-refractivity contribution in [3.8, 4) is 0 Å². The molecule has 4 heteroatoms. The van der Waals surface area contributed by atoms with Crippen molar-refractivity contribution in [1.29, 1.82) is 0 Å². The lowest BCUT2D eigenvalue weighted by Gasteiger charge is -2.09. The zero-order valence-corrected chi connectivity index (χ0v) is 8.45. The van der Waals surface area contributed by atoms with Gasteiger partial charge in [0.15, 0.2) is 0 Å². The molecule has 0 aromatic carbocycles. The molecular formula is C10H15N3O. The average Bonchev–Trinajstić information content (AvgIpc) is 2.16. The van der Waals surface area contributed by atoms with E-state index in [-0.39, 0.29) is 5.91 Å². The second kappa shape index (κ2) is 4.72. The monoisotopic (exact) mass is 193 g/mol. The number of carbonyl (C=O) groups is 1. The number of anilines is 1. The van der Waals surface area contributed by atoms with Gasteiger partial charge in [-0.2, -0.15) is 0 Å². The van der Waals surface area contributed by atoms with Crippen LogP contribution in [0.3, 0.4) is 0 Å². The maximum absolute atomic E-state index is 11.4. The molecule has 1 aromatic rings. The van der Waals surface area contributed by atoms with Gasteiger partial charge in [-0.15, -0.1) is 0 Å². The summed E-state index contributed by atoms with van der Waals surface area (Å²) >= 11 is 0. The summed E-state index contributed by atoms with van der Waals surface area (Å²) in [6.45, 7) is 3.75. The topological polar surface area (TPSA) is 68.0 Å². The molecule has 0 aliphatic carbocycles. The van der Waals surface area contributed by atoms with Crippen molar-refractivity contribution in [1.82, 2.24) is 4.98 Å². The van der Waals surface area contributed by atoms with Crippen LogP contribution in [0.1, 0.15) is 19.0 Å². The standard InChI is InChI=1S/C10H15N3O/c1-3-9(11)10(14)13-8-4-5-12-7(2)6-8/h4-6,9H,3,11H2,1-2H3,(H,12,13,14)/t9-/m1/s1. The molecule has 0 radical (unpaired) electrons. The number of nitrogens with two attached hydrogens (primary N) is 1. The van der Waals surface area contributed by atoms with E-state index in [0.717, 1.165) is 11.4 Å². The molecule has 0 bridgehead atoms. The van der Waals surface area contributed by atoms with Crippen LogP contribution < -0.4 is 11.1 Å². The molecular weight excluding hydrogens is 178 g/mol. The zero-order chi connectivity index (χ0) is 10.6. The molecule has 0 aliphatic heterocycles. The van der Waals surface area contributed by atoms with E-state index < -0.39 is 6.04 Å². The number of carbonyl (C=O) groups excluding carboxylic acids is 1. The van der Waals surface area contributed by atoms with Gasteiger partial charge < -0.3 is 11.1 Å². The predicted molar refractivity (Wildman–Crippen MR) is 55.9 cm³/mol. The summed E-state index contributed by atoms with van der Waals surface area (Å²) in [5.41, 5.74) is 7.19. The third-order valence-corrected chi connectivity index (χ3v) is 1.94. The first-order valence-corrected chi connectivity index (χ1v) is 4.62. The third-order valence-electron chi connectivity index (χ3n) is 1.94. The van der Waals surface area contributed by atoms with Gasteiger partial charge in [0.2, 0.25) is 5.91 Å². The van der Waals surface area contributed by atoms with E-state index in [1.165, 1.54) is 0 Å². The van der Waals surface area contributed by atoms with Gasteiger partial charge in [0.05, 0.1) is 6.04 Å². The van der Waals surface area contributed by atoms with E-state index in [1.807, 2.05) is 13.8 Å². The van der Waals surface area contributed by atoms with E-state index in [9.17, 15) is 4.79 Å². The number of aromatic nitrogens is 1. The fourth-order valence-corrected chi connectivity index (χ4v) is 1.04. The highest BCUT2D eigenvalue weighted by Gasteiger charge is 2.10. The molecule has 1 heterocycles. The lowest BCUT2D eigenvalue weighted by molar-refractivity contribution is -0.117. The summed E-state index contributed by atoms with van der Waals surface area (Å²) in [7, 11) is 0. The Morgan fingerprint density at radius 3 is 3.00 bits per heavy atom.